The molecule has 2 atom stereocenters. The van der Waals surface area contributed by atoms with Gasteiger partial charge in [-0.05, 0) is 25.3 Å². The first kappa shape index (κ1) is 14.1. The van der Waals surface area contributed by atoms with Gasteiger partial charge in [0.05, 0.1) is 0 Å². The number of anilines is 1. The molecule has 2 unspecified atom stereocenters. The molecule has 1 amide bonds. The molecular weight excluding hydrogens is 262 g/mol. The van der Waals surface area contributed by atoms with Crippen LogP contribution >= 0.6 is 11.3 Å². The fourth-order valence-electron chi connectivity index (χ4n) is 2.53. The Hall–Kier alpha value is -1.27. The van der Waals surface area contributed by atoms with Gasteiger partial charge < -0.3 is 11.1 Å². The quantitative estimate of drug-likeness (QED) is 0.827. The minimum atomic E-state index is -0.0887. The van der Waals surface area contributed by atoms with Crippen LogP contribution in [0.3, 0.4) is 0 Å². The molecule has 0 spiro atoms. The lowest BCUT2D eigenvalue weighted by molar-refractivity contribution is -0.122. The number of ketones is 1. The molecule has 6 heteroatoms. The number of nitrogens with one attached hydrogen (secondary N) is 1. The number of carbonyl (C=O) groups excluding carboxylic acids is 2. The van der Waals surface area contributed by atoms with E-state index in [0.29, 0.717) is 17.4 Å². The van der Waals surface area contributed by atoms with E-state index in [2.05, 4.69) is 10.3 Å². The fourth-order valence-corrected chi connectivity index (χ4v) is 3.28. The van der Waals surface area contributed by atoms with Crippen molar-refractivity contribution < 1.29 is 9.59 Å². The molecule has 0 bridgehead atoms. The van der Waals surface area contributed by atoms with E-state index in [9.17, 15) is 9.59 Å². The van der Waals surface area contributed by atoms with Crippen LogP contribution in [0.15, 0.2) is 5.38 Å². The van der Waals surface area contributed by atoms with Crippen molar-refractivity contribution >= 4 is 28.2 Å². The number of aromatic nitrogens is 1. The number of nitrogens with two attached hydrogens (primary N) is 1. The fraction of sp³-hybridized carbons (Fsp3) is 0.615. The van der Waals surface area contributed by atoms with Gasteiger partial charge in [-0.15, -0.1) is 11.3 Å². The number of thiazole rings is 1. The molecule has 0 aliphatic heterocycles. The number of nitrogens with zero attached hydrogens (tertiary/aromatic N) is 1. The van der Waals surface area contributed by atoms with Crippen LogP contribution in [0.1, 0.15) is 43.1 Å². The minimum Gasteiger partial charge on any atom is -0.330 e. The summed E-state index contributed by atoms with van der Waals surface area (Å²) in [4.78, 5) is 27.5. The first-order valence-electron chi connectivity index (χ1n) is 6.59. The third-order valence-electron chi connectivity index (χ3n) is 3.64. The van der Waals surface area contributed by atoms with E-state index in [4.69, 9.17) is 5.73 Å². The highest BCUT2D eigenvalue weighted by molar-refractivity contribution is 7.14. The van der Waals surface area contributed by atoms with Gasteiger partial charge in [-0.1, -0.05) is 12.8 Å². The first-order valence-corrected chi connectivity index (χ1v) is 7.47. The molecule has 3 N–H and O–H groups in total. The second kappa shape index (κ2) is 6.25. The molecule has 0 saturated heterocycles. The average Bonchev–Trinajstić information content (AvgIpc) is 2.87. The van der Waals surface area contributed by atoms with Crippen molar-refractivity contribution in [3.63, 3.8) is 0 Å². The molecule has 104 valence electrons. The zero-order valence-electron chi connectivity index (χ0n) is 11.0. The van der Waals surface area contributed by atoms with Gasteiger partial charge >= 0.3 is 0 Å². The second-order valence-electron chi connectivity index (χ2n) is 4.97. The van der Waals surface area contributed by atoms with Crippen molar-refractivity contribution in [2.45, 2.75) is 32.6 Å². The average molecular weight is 281 g/mol. The number of hydrogen-bond donors (Lipinski definition) is 2. The Morgan fingerprint density at radius 2 is 2.21 bits per heavy atom. The van der Waals surface area contributed by atoms with Crippen molar-refractivity contribution in [2.75, 3.05) is 11.9 Å². The van der Waals surface area contributed by atoms with Gasteiger partial charge in [-0.25, -0.2) is 4.98 Å². The van der Waals surface area contributed by atoms with Crippen LogP contribution < -0.4 is 11.1 Å². The summed E-state index contributed by atoms with van der Waals surface area (Å²) in [7, 11) is 0. The molecule has 0 aromatic carbocycles. The van der Waals surface area contributed by atoms with Gasteiger partial charge in [0.15, 0.2) is 10.9 Å². The lowest BCUT2D eigenvalue weighted by Crippen LogP contribution is -2.35. The van der Waals surface area contributed by atoms with E-state index in [1.165, 1.54) is 18.3 Å². The summed E-state index contributed by atoms with van der Waals surface area (Å²) in [5.74, 6) is 0.137. The van der Waals surface area contributed by atoms with Crippen LogP contribution in [-0.2, 0) is 4.79 Å². The molecule has 19 heavy (non-hydrogen) atoms. The van der Waals surface area contributed by atoms with E-state index in [1.54, 1.807) is 5.38 Å². The largest absolute Gasteiger partial charge is 0.330 e. The molecule has 1 saturated carbocycles. The summed E-state index contributed by atoms with van der Waals surface area (Å²) in [5, 5.41) is 4.97. The number of amides is 1. The highest BCUT2D eigenvalue weighted by Gasteiger charge is 2.30. The Balaban J connectivity index is 2.00. The van der Waals surface area contributed by atoms with E-state index < -0.39 is 0 Å². The Morgan fingerprint density at radius 3 is 2.84 bits per heavy atom. The molecule has 1 aromatic heterocycles. The van der Waals surface area contributed by atoms with Crippen molar-refractivity contribution in [2.24, 2.45) is 17.6 Å². The molecule has 1 aliphatic carbocycles. The summed E-state index contributed by atoms with van der Waals surface area (Å²) in [6, 6.07) is 0. The standard InChI is InChI=1S/C13H19N3O2S/c1-8(17)11-7-19-13(15-11)16-12(18)10-5-3-2-4-9(10)6-14/h7,9-10H,2-6,14H2,1H3,(H,15,16,18). The Labute approximate surface area is 116 Å². The van der Waals surface area contributed by atoms with Crippen LogP contribution in [0.2, 0.25) is 0 Å². The molecule has 5 nitrogen and oxygen atoms in total. The summed E-state index contributed by atoms with van der Waals surface area (Å²) in [6.07, 6.45) is 4.13. The summed E-state index contributed by atoms with van der Waals surface area (Å²) in [6.45, 7) is 2.01. The van der Waals surface area contributed by atoms with Crippen LogP contribution in [-0.4, -0.2) is 23.2 Å². The van der Waals surface area contributed by atoms with Crippen LogP contribution in [0.4, 0.5) is 5.13 Å². The maximum atomic E-state index is 12.2. The van der Waals surface area contributed by atoms with E-state index in [1.807, 2.05) is 0 Å². The Bertz CT molecular complexity index is 472. The maximum Gasteiger partial charge on any atom is 0.229 e. The maximum absolute atomic E-state index is 12.2. The van der Waals surface area contributed by atoms with Crippen molar-refractivity contribution in [3.05, 3.63) is 11.1 Å². The molecular formula is C13H19N3O2S. The summed E-state index contributed by atoms with van der Waals surface area (Å²) < 4.78 is 0. The lowest BCUT2D eigenvalue weighted by atomic mass is 9.79. The van der Waals surface area contributed by atoms with Crippen LogP contribution in [0, 0.1) is 11.8 Å². The highest BCUT2D eigenvalue weighted by atomic mass is 32.1. The van der Waals surface area contributed by atoms with Crippen molar-refractivity contribution in [3.8, 4) is 0 Å². The lowest BCUT2D eigenvalue weighted by Gasteiger charge is -2.29. The molecule has 1 heterocycles. The Morgan fingerprint density at radius 1 is 1.47 bits per heavy atom. The minimum absolute atomic E-state index is 0.0143. The zero-order chi connectivity index (χ0) is 13.8. The third-order valence-corrected chi connectivity index (χ3v) is 4.40. The molecule has 0 radical (unpaired) electrons. The zero-order valence-corrected chi connectivity index (χ0v) is 11.8. The summed E-state index contributed by atoms with van der Waals surface area (Å²) >= 11 is 1.28. The predicted molar refractivity (Wildman–Crippen MR) is 75.3 cm³/mol. The van der Waals surface area contributed by atoms with E-state index in [0.717, 1.165) is 25.7 Å². The highest BCUT2D eigenvalue weighted by Crippen LogP contribution is 2.30. The molecule has 2 rings (SSSR count). The summed E-state index contributed by atoms with van der Waals surface area (Å²) in [5.41, 5.74) is 6.13. The first-order chi connectivity index (χ1) is 9.11. The SMILES string of the molecule is CC(=O)c1csc(NC(=O)C2CCCCC2CN)n1. The molecule has 1 fully saturated rings. The van der Waals surface area contributed by atoms with Gasteiger partial charge in [0, 0.05) is 18.2 Å². The van der Waals surface area contributed by atoms with Crippen LogP contribution in [0.5, 0.6) is 0 Å². The van der Waals surface area contributed by atoms with Gasteiger partial charge in [0.25, 0.3) is 0 Å². The van der Waals surface area contributed by atoms with E-state index in [-0.39, 0.29) is 23.5 Å². The van der Waals surface area contributed by atoms with Crippen LogP contribution in [0.25, 0.3) is 0 Å². The van der Waals surface area contributed by atoms with Gasteiger partial charge in [-0.2, -0.15) is 0 Å². The number of carbonyl (C=O) groups is 2. The monoisotopic (exact) mass is 281 g/mol. The molecule has 1 aliphatic rings. The van der Waals surface area contributed by atoms with Gasteiger partial charge in [0.2, 0.25) is 5.91 Å². The van der Waals surface area contributed by atoms with Crippen molar-refractivity contribution in [1.82, 2.24) is 4.98 Å². The normalized spacial score (nSPS) is 23.1. The van der Waals surface area contributed by atoms with Gasteiger partial charge in [-0.3, -0.25) is 9.59 Å². The number of hydrogen-bond acceptors (Lipinski definition) is 5. The third kappa shape index (κ3) is 3.39. The van der Waals surface area contributed by atoms with Gasteiger partial charge in [0.1, 0.15) is 5.69 Å². The van der Waals surface area contributed by atoms with E-state index >= 15 is 0 Å². The Kier molecular flexibility index (Phi) is 4.66. The molecule has 1 aromatic rings. The smallest absolute Gasteiger partial charge is 0.229 e. The number of Topliss-reactive ketones (excluding diaryl/α,β-unsaturated/α-hetero) is 1. The second-order valence-corrected chi connectivity index (χ2v) is 5.83. The van der Waals surface area contributed by atoms with Crippen molar-refractivity contribution in [1.29, 1.82) is 0 Å². The number of rotatable bonds is 4. The topological polar surface area (TPSA) is 85.1 Å². The predicted octanol–water partition coefficient (Wildman–Crippen LogP) is 2.05.